The van der Waals surface area contributed by atoms with Gasteiger partial charge in [-0.1, -0.05) is 24.4 Å². The van der Waals surface area contributed by atoms with Crippen molar-refractivity contribution in [2.24, 2.45) is 11.8 Å². The van der Waals surface area contributed by atoms with E-state index in [-0.39, 0.29) is 19.3 Å². The Hall–Kier alpha value is -1.34. The van der Waals surface area contributed by atoms with Gasteiger partial charge in [0.25, 0.3) is 0 Å². The minimum atomic E-state index is -0.331. The maximum Gasteiger partial charge on any atom is 0.414 e. The predicted molar refractivity (Wildman–Crippen MR) is 115 cm³/mol. The van der Waals surface area contributed by atoms with Gasteiger partial charge in [0.2, 0.25) is 0 Å². The first-order valence-corrected chi connectivity index (χ1v) is 11.0. The molecule has 0 spiro atoms. The average Bonchev–Trinajstić information content (AvgIpc) is 2.71. The van der Waals surface area contributed by atoms with Crippen LogP contribution in [0.25, 0.3) is 0 Å². The number of carbonyl (C=O) groups is 1. The monoisotopic (exact) mass is 426 g/mol. The number of nitrogens with zero attached hydrogens (tertiary/aromatic N) is 2. The molecule has 0 saturated heterocycles. The Balaban J connectivity index is 1.64. The van der Waals surface area contributed by atoms with E-state index in [2.05, 4.69) is 4.90 Å². The normalized spacial score (nSPS) is 19.3. The van der Waals surface area contributed by atoms with E-state index in [1.807, 2.05) is 0 Å². The molecule has 0 radical (unpaired) electrons. The minimum Gasteiger partial charge on any atom is -0.410 e. The highest BCUT2D eigenvalue weighted by Gasteiger charge is 2.24. The Labute approximate surface area is 179 Å². The molecule has 7 heteroatoms. The summed E-state index contributed by atoms with van der Waals surface area (Å²) in [7, 11) is 1.79. The second-order valence-electron chi connectivity index (χ2n) is 8.02. The van der Waals surface area contributed by atoms with Gasteiger partial charge in [-0.05, 0) is 68.3 Å². The Bertz CT molecular complexity index is 585. The highest BCUT2D eigenvalue weighted by molar-refractivity contribution is 6.30. The van der Waals surface area contributed by atoms with Gasteiger partial charge in [0.15, 0.2) is 0 Å². The van der Waals surface area contributed by atoms with Crippen molar-refractivity contribution < 1.29 is 19.7 Å². The number of rotatable bonds is 11. The van der Waals surface area contributed by atoms with Crippen molar-refractivity contribution in [3.63, 3.8) is 0 Å². The topological polar surface area (TPSA) is 73.2 Å². The molecule has 1 aromatic rings. The summed E-state index contributed by atoms with van der Waals surface area (Å²) in [5.74, 6) is 1.77. The summed E-state index contributed by atoms with van der Waals surface area (Å²) in [6.45, 7) is 3.19. The lowest BCUT2D eigenvalue weighted by Gasteiger charge is -2.31. The van der Waals surface area contributed by atoms with E-state index in [1.54, 1.807) is 36.2 Å². The maximum atomic E-state index is 12.3. The third kappa shape index (κ3) is 8.91. The molecule has 1 aromatic carbocycles. The molecule has 1 amide bonds. The van der Waals surface area contributed by atoms with Gasteiger partial charge in [0.05, 0.1) is 13.2 Å². The zero-order valence-corrected chi connectivity index (χ0v) is 18.2. The van der Waals surface area contributed by atoms with Gasteiger partial charge < -0.3 is 19.8 Å². The van der Waals surface area contributed by atoms with Crippen molar-refractivity contribution in [2.45, 2.75) is 38.5 Å². The molecule has 1 aliphatic carbocycles. The second kappa shape index (κ2) is 13.1. The Morgan fingerprint density at radius 1 is 1.03 bits per heavy atom. The fourth-order valence-electron chi connectivity index (χ4n) is 4.07. The van der Waals surface area contributed by atoms with Crippen LogP contribution in [0.1, 0.15) is 38.5 Å². The second-order valence-corrected chi connectivity index (χ2v) is 8.46. The van der Waals surface area contributed by atoms with Crippen LogP contribution in [0.5, 0.6) is 5.75 Å². The summed E-state index contributed by atoms with van der Waals surface area (Å²) < 4.78 is 5.40. The number of aliphatic hydroxyl groups excluding tert-OH is 2. The molecule has 29 heavy (non-hydrogen) atoms. The Morgan fingerprint density at radius 3 is 2.21 bits per heavy atom. The van der Waals surface area contributed by atoms with Gasteiger partial charge >= 0.3 is 6.09 Å². The number of aliphatic hydroxyl groups is 2. The number of hydrogen-bond acceptors (Lipinski definition) is 5. The highest BCUT2D eigenvalue weighted by Crippen LogP contribution is 2.32. The number of benzene rings is 1. The van der Waals surface area contributed by atoms with Gasteiger partial charge in [-0.2, -0.15) is 0 Å². The molecule has 0 aromatic heterocycles. The lowest BCUT2D eigenvalue weighted by Crippen LogP contribution is -2.35. The first-order valence-electron chi connectivity index (χ1n) is 10.6. The predicted octanol–water partition coefficient (Wildman–Crippen LogP) is 3.64. The molecular formula is C22H35ClN2O4. The van der Waals surface area contributed by atoms with Gasteiger partial charge in [-0.25, -0.2) is 4.79 Å². The first kappa shape index (κ1) is 23.9. The number of ether oxygens (including phenoxy) is 1. The third-order valence-corrected chi connectivity index (χ3v) is 6.00. The fraction of sp³-hybridized carbons (Fsp3) is 0.682. The lowest BCUT2D eigenvalue weighted by molar-refractivity contribution is 0.141. The van der Waals surface area contributed by atoms with E-state index < -0.39 is 0 Å². The third-order valence-electron chi connectivity index (χ3n) is 5.75. The molecule has 2 N–H and O–H groups in total. The van der Waals surface area contributed by atoms with Crippen molar-refractivity contribution in [2.75, 3.05) is 46.4 Å². The zero-order valence-electron chi connectivity index (χ0n) is 17.4. The first-order chi connectivity index (χ1) is 14.0. The van der Waals surface area contributed by atoms with Crippen molar-refractivity contribution in [3.8, 4) is 5.75 Å². The van der Waals surface area contributed by atoms with Crippen molar-refractivity contribution in [1.29, 1.82) is 0 Å². The molecule has 164 valence electrons. The quantitative estimate of drug-likeness (QED) is 0.565. The fourth-order valence-corrected chi connectivity index (χ4v) is 4.19. The van der Waals surface area contributed by atoms with Gasteiger partial charge in [0.1, 0.15) is 5.75 Å². The number of halogens is 1. The van der Waals surface area contributed by atoms with Crippen LogP contribution in [-0.4, -0.2) is 72.5 Å². The summed E-state index contributed by atoms with van der Waals surface area (Å²) in [6, 6.07) is 6.81. The van der Waals surface area contributed by atoms with E-state index in [0.29, 0.717) is 29.8 Å². The molecule has 1 saturated carbocycles. The molecule has 6 nitrogen and oxygen atoms in total. The van der Waals surface area contributed by atoms with E-state index in [9.17, 15) is 4.79 Å². The molecule has 0 aliphatic heterocycles. The van der Waals surface area contributed by atoms with Gasteiger partial charge in [0, 0.05) is 31.7 Å². The molecule has 1 fully saturated rings. The Morgan fingerprint density at radius 2 is 1.62 bits per heavy atom. The molecular weight excluding hydrogens is 392 g/mol. The summed E-state index contributed by atoms with van der Waals surface area (Å²) in [5, 5.41) is 18.8. The van der Waals surface area contributed by atoms with E-state index >= 15 is 0 Å². The van der Waals surface area contributed by atoms with Crippen molar-refractivity contribution >= 4 is 17.7 Å². The van der Waals surface area contributed by atoms with Crippen LogP contribution in [-0.2, 0) is 0 Å². The van der Waals surface area contributed by atoms with Crippen LogP contribution in [0.2, 0.25) is 5.02 Å². The largest absolute Gasteiger partial charge is 0.414 e. The maximum absolute atomic E-state index is 12.3. The van der Waals surface area contributed by atoms with Crippen LogP contribution < -0.4 is 4.74 Å². The molecule has 0 atom stereocenters. The van der Waals surface area contributed by atoms with E-state index in [1.165, 1.54) is 19.3 Å². The average molecular weight is 427 g/mol. The van der Waals surface area contributed by atoms with E-state index in [0.717, 1.165) is 38.3 Å². The Kier molecular flexibility index (Phi) is 10.8. The minimum absolute atomic E-state index is 0.138. The molecule has 0 heterocycles. The standard InChI is InChI=1S/C22H35ClN2O4/c1-24(22(28)29-21-10-8-20(23)9-11-21)17-19-6-4-18(5-7-19)3-2-12-25(13-15-26)14-16-27/h8-11,18-19,26-27H,2-7,12-17H2,1H3. The summed E-state index contributed by atoms with van der Waals surface area (Å²) >= 11 is 5.85. The van der Waals surface area contributed by atoms with Crippen LogP contribution in [0.15, 0.2) is 24.3 Å². The zero-order chi connectivity index (χ0) is 21.1. The molecule has 1 aliphatic rings. The van der Waals surface area contributed by atoms with Crippen molar-refractivity contribution in [1.82, 2.24) is 9.80 Å². The molecule has 0 unspecified atom stereocenters. The lowest BCUT2D eigenvalue weighted by atomic mass is 9.80. The number of hydrogen-bond donors (Lipinski definition) is 2. The van der Waals surface area contributed by atoms with Gasteiger partial charge in [-0.15, -0.1) is 0 Å². The van der Waals surface area contributed by atoms with Crippen LogP contribution in [0.3, 0.4) is 0 Å². The SMILES string of the molecule is CN(CC1CCC(CCCN(CCO)CCO)CC1)C(=O)Oc1ccc(Cl)cc1. The number of amides is 1. The van der Waals surface area contributed by atoms with Crippen LogP contribution in [0.4, 0.5) is 4.79 Å². The van der Waals surface area contributed by atoms with Crippen LogP contribution >= 0.6 is 11.6 Å². The van der Waals surface area contributed by atoms with Crippen LogP contribution in [0, 0.1) is 11.8 Å². The molecule has 0 bridgehead atoms. The highest BCUT2D eigenvalue weighted by atomic mass is 35.5. The van der Waals surface area contributed by atoms with E-state index in [4.69, 9.17) is 26.6 Å². The summed E-state index contributed by atoms with van der Waals surface area (Å²) in [4.78, 5) is 16.1. The summed E-state index contributed by atoms with van der Waals surface area (Å²) in [6.07, 6.45) is 6.63. The number of carbonyl (C=O) groups excluding carboxylic acids is 1. The van der Waals surface area contributed by atoms with Crippen molar-refractivity contribution in [3.05, 3.63) is 29.3 Å². The smallest absolute Gasteiger partial charge is 0.410 e. The summed E-state index contributed by atoms with van der Waals surface area (Å²) in [5.41, 5.74) is 0. The molecule has 2 rings (SSSR count). The van der Waals surface area contributed by atoms with Gasteiger partial charge in [-0.3, -0.25) is 4.90 Å².